The van der Waals surface area contributed by atoms with Crippen molar-refractivity contribution in [3.63, 3.8) is 0 Å². The van der Waals surface area contributed by atoms with Gasteiger partial charge in [-0.15, -0.1) is 11.3 Å². The number of carbonyl (C=O) groups is 1. The van der Waals surface area contributed by atoms with Gasteiger partial charge >= 0.3 is 6.09 Å². The van der Waals surface area contributed by atoms with Gasteiger partial charge in [0.05, 0.1) is 11.7 Å². The molecule has 0 unspecified atom stereocenters. The van der Waals surface area contributed by atoms with E-state index in [1.54, 1.807) is 16.6 Å². The summed E-state index contributed by atoms with van der Waals surface area (Å²) in [5.74, 6) is 0. The van der Waals surface area contributed by atoms with Crippen LogP contribution in [0.3, 0.4) is 0 Å². The Hall–Kier alpha value is -1.10. The molecule has 1 amide bonds. The first-order valence-corrected chi connectivity index (χ1v) is 6.26. The molecule has 0 radical (unpaired) electrons. The second kappa shape index (κ2) is 4.05. The van der Waals surface area contributed by atoms with Gasteiger partial charge < -0.3 is 4.74 Å². The van der Waals surface area contributed by atoms with E-state index < -0.39 is 5.60 Å². The fourth-order valence-electron chi connectivity index (χ4n) is 1.39. The largest absolute Gasteiger partial charge is 0.443 e. The molecule has 1 aromatic rings. The lowest BCUT2D eigenvalue weighted by atomic mass is 10.2. The second-order valence-electron chi connectivity index (χ2n) is 4.92. The Morgan fingerprint density at radius 2 is 2.25 bits per heavy atom. The zero-order valence-corrected chi connectivity index (χ0v) is 10.6. The van der Waals surface area contributed by atoms with E-state index in [1.807, 2.05) is 20.8 Å². The molecule has 1 aliphatic rings. The van der Waals surface area contributed by atoms with Crippen molar-refractivity contribution in [2.45, 2.75) is 45.3 Å². The molecule has 0 aromatic carbocycles. The van der Waals surface area contributed by atoms with Crippen molar-refractivity contribution >= 4 is 22.4 Å². The summed E-state index contributed by atoms with van der Waals surface area (Å²) < 4.78 is 5.39. The Labute approximate surface area is 99.2 Å². The van der Waals surface area contributed by atoms with Crippen molar-refractivity contribution in [2.24, 2.45) is 0 Å². The predicted octanol–water partition coefficient (Wildman–Crippen LogP) is 3.05. The van der Waals surface area contributed by atoms with E-state index in [2.05, 4.69) is 4.98 Å². The van der Waals surface area contributed by atoms with Gasteiger partial charge in [-0.25, -0.2) is 4.79 Å². The lowest BCUT2D eigenvalue weighted by Gasteiger charge is -2.26. The Morgan fingerprint density at radius 1 is 1.56 bits per heavy atom. The first-order chi connectivity index (χ1) is 7.47. The molecular formula is C11H16N2O2S. The van der Waals surface area contributed by atoms with Crippen LogP contribution in [0.5, 0.6) is 0 Å². The molecule has 1 aromatic heterocycles. The summed E-state index contributed by atoms with van der Waals surface area (Å²) in [5.41, 5.74) is 1.28. The van der Waals surface area contributed by atoms with Crippen LogP contribution in [-0.4, -0.2) is 22.7 Å². The highest BCUT2D eigenvalue weighted by molar-refractivity contribution is 7.14. The van der Waals surface area contributed by atoms with Gasteiger partial charge in [-0.05, 0) is 33.6 Å². The molecule has 0 spiro atoms. The minimum atomic E-state index is -0.449. The first kappa shape index (κ1) is 11.4. The van der Waals surface area contributed by atoms with Crippen LogP contribution in [0.1, 0.15) is 33.6 Å². The molecule has 4 nitrogen and oxygen atoms in total. The maximum Gasteiger partial charge on any atom is 0.415 e. The van der Waals surface area contributed by atoms with E-state index >= 15 is 0 Å². The summed E-state index contributed by atoms with van der Waals surface area (Å²) >= 11 is 1.47. The average molecular weight is 240 g/mol. The van der Waals surface area contributed by atoms with Crippen LogP contribution in [0.4, 0.5) is 9.80 Å². The Bertz CT molecular complexity index is 366. The van der Waals surface area contributed by atoms with Gasteiger partial charge in [-0.2, -0.15) is 0 Å². The van der Waals surface area contributed by atoms with Crippen LogP contribution < -0.4 is 4.90 Å². The van der Waals surface area contributed by atoms with E-state index in [-0.39, 0.29) is 6.09 Å². The summed E-state index contributed by atoms with van der Waals surface area (Å²) in [5, 5.41) is 0.872. The Morgan fingerprint density at radius 3 is 2.69 bits per heavy atom. The fraction of sp³-hybridized carbons (Fsp3) is 0.636. The summed E-state index contributed by atoms with van der Waals surface area (Å²) in [6.45, 7) is 5.63. The van der Waals surface area contributed by atoms with Crippen LogP contribution >= 0.6 is 11.3 Å². The third-order valence-electron chi connectivity index (χ3n) is 2.16. The predicted molar refractivity (Wildman–Crippen MR) is 63.8 cm³/mol. The molecule has 2 rings (SSSR count). The fourth-order valence-corrected chi connectivity index (χ4v) is 2.08. The second-order valence-corrected chi connectivity index (χ2v) is 5.79. The van der Waals surface area contributed by atoms with Gasteiger partial charge in [0, 0.05) is 6.04 Å². The van der Waals surface area contributed by atoms with Crippen molar-refractivity contribution in [3.05, 3.63) is 11.7 Å². The average Bonchev–Trinajstić information content (AvgIpc) is 2.78. The van der Waals surface area contributed by atoms with Crippen LogP contribution in [0.25, 0.3) is 0 Å². The normalized spacial score (nSPS) is 15.9. The zero-order chi connectivity index (χ0) is 11.8. The van der Waals surface area contributed by atoms with Gasteiger partial charge in [0.25, 0.3) is 0 Å². The van der Waals surface area contributed by atoms with Crippen molar-refractivity contribution in [1.82, 2.24) is 4.98 Å². The molecule has 0 N–H and O–H groups in total. The highest BCUT2D eigenvalue weighted by Gasteiger charge is 2.37. The Balaban J connectivity index is 2.11. The lowest BCUT2D eigenvalue weighted by molar-refractivity contribution is 0.0578. The molecule has 16 heavy (non-hydrogen) atoms. The monoisotopic (exact) mass is 240 g/mol. The van der Waals surface area contributed by atoms with Crippen molar-refractivity contribution in [2.75, 3.05) is 4.90 Å². The number of hydrogen-bond acceptors (Lipinski definition) is 4. The molecular weight excluding hydrogens is 224 g/mol. The third kappa shape index (κ3) is 2.72. The van der Waals surface area contributed by atoms with Gasteiger partial charge in [-0.1, -0.05) is 0 Å². The van der Waals surface area contributed by atoms with E-state index in [4.69, 9.17) is 4.74 Å². The van der Waals surface area contributed by atoms with E-state index in [9.17, 15) is 4.79 Å². The smallest absolute Gasteiger partial charge is 0.415 e. The van der Waals surface area contributed by atoms with E-state index in [0.717, 1.165) is 17.8 Å². The van der Waals surface area contributed by atoms with Crippen molar-refractivity contribution < 1.29 is 9.53 Å². The maximum atomic E-state index is 12.0. The molecule has 1 fully saturated rings. The van der Waals surface area contributed by atoms with E-state index in [1.165, 1.54) is 11.3 Å². The molecule has 0 atom stereocenters. The van der Waals surface area contributed by atoms with Crippen LogP contribution in [0.15, 0.2) is 11.7 Å². The molecule has 0 aliphatic heterocycles. The van der Waals surface area contributed by atoms with Crippen molar-refractivity contribution in [3.8, 4) is 0 Å². The Kier molecular flexibility index (Phi) is 2.88. The molecule has 0 saturated heterocycles. The number of thiazole rings is 1. The number of rotatable bonds is 2. The number of hydrogen-bond donors (Lipinski definition) is 0. The number of anilines is 1. The quantitative estimate of drug-likeness (QED) is 0.798. The number of carbonyl (C=O) groups excluding carboxylic acids is 1. The lowest BCUT2D eigenvalue weighted by Crippen LogP contribution is -2.37. The van der Waals surface area contributed by atoms with Crippen LogP contribution in [0, 0.1) is 0 Å². The molecule has 1 heterocycles. The summed E-state index contributed by atoms with van der Waals surface area (Å²) in [4.78, 5) is 17.7. The van der Waals surface area contributed by atoms with Crippen molar-refractivity contribution in [1.29, 1.82) is 0 Å². The maximum absolute atomic E-state index is 12.0. The SMILES string of the molecule is CC(C)(C)OC(=O)N(c1cncs1)C1CC1. The van der Waals surface area contributed by atoms with Gasteiger partial charge in [0.1, 0.15) is 10.6 Å². The highest BCUT2D eigenvalue weighted by Crippen LogP contribution is 2.34. The van der Waals surface area contributed by atoms with Crippen LogP contribution in [-0.2, 0) is 4.74 Å². The molecule has 1 saturated carbocycles. The first-order valence-electron chi connectivity index (χ1n) is 5.38. The van der Waals surface area contributed by atoms with Gasteiger partial charge in [0.2, 0.25) is 0 Å². The third-order valence-corrected chi connectivity index (χ3v) is 2.93. The molecule has 1 aliphatic carbocycles. The van der Waals surface area contributed by atoms with Crippen LogP contribution in [0.2, 0.25) is 0 Å². The molecule has 5 heteroatoms. The van der Waals surface area contributed by atoms with E-state index in [0.29, 0.717) is 6.04 Å². The number of amides is 1. The summed E-state index contributed by atoms with van der Waals surface area (Å²) in [6.07, 6.45) is 3.56. The van der Waals surface area contributed by atoms with Gasteiger partial charge in [0.15, 0.2) is 0 Å². The zero-order valence-electron chi connectivity index (χ0n) is 9.77. The summed E-state index contributed by atoms with van der Waals surface area (Å²) in [7, 11) is 0. The number of aromatic nitrogens is 1. The minimum absolute atomic E-state index is 0.265. The molecule has 0 bridgehead atoms. The molecule has 88 valence electrons. The number of ether oxygens (including phenoxy) is 1. The standard InChI is InChI=1S/C11H16N2O2S/c1-11(2,3)15-10(14)13(8-4-5-8)9-6-12-7-16-9/h6-8H,4-5H2,1-3H3. The highest BCUT2D eigenvalue weighted by atomic mass is 32.1. The van der Waals surface area contributed by atoms with Gasteiger partial charge in [-0.3, -0.25) is 9.88 Å². The topological polar surface area (TPSA) is 42.4 Å². The summed E-state index contributed by atoms with van der Waals surface area (Å²) in [6, 6.07) is 0.301. The minimum Gasteiger partial charge on any atom is -0.443 e. The number of nitrogens with zero attached hydrogens (tertiary/aromatic N) is 2.